The summed E-state index contributed by atoms with van der Waals surface area (Å²) in [5, 5.41) is 11.8. The molecular formula is C16H15NO3. The number of carbonyl (C=O) groups excluding carboxylic acids is 1. The Kier molecular flexibility index (Phi) is 3.84. The minimum Gasteiger partial charge on any atom is -0.478 e. The van der Waals surface area contributed by atoms with Gasteiger partial charge >= 0.3 is 5.97 Å². The van der Waals surface area contributed by atoms with Crippen LogP contribution >= 0.6 is 0 Å². The van der Waals surface area contributed by atoms with E-state index in [0.29, 0.717) is 16.8 Å². The van der Waals surface area contributed by atoms with Gasteiger partial charge in [-0.15, -0.1) is 0 Å². The van der Waals surface area contributed by atoms with Gasteiger partial charge in [0.25, 0.3) is 5.91 Å². The van der Waals surface area contributed by atoms with E-state index in [1.807, 2.05) is 19.1 Å². The second kappa shape index (κ2) is 5.57. The van der Waals surface area contributed by atoms with E-state index in [2.05, 4.69) is 5.32 Å². The molecule has 0 aliphatic heterocycles. The third-order valence-electron chi connectivity index (χ3n) is 3.12. The van der Waals surface area contributed by atoms with Crippen molar-refractivity contribution in [2.24, 2.45) is 0 Å². The lowest BCUT2D eigenvalue weighted by Crippen LogP contribution is -2.14. The number of carboxylic acid groups (broad SMARTS) is 1. The number of anilines is 1. The minimum atomic E-state index is -1.01. The van der Waals surface area contributed by atoms with Crippen molar-refractivity contribution in [3.05, 3.63) is 64.7 Å². The van der Waals surface area contributed by atoms with Crippen molar-refractivity contribution in [1.29, 1.82) is 0 Å². The molecule has 1 amide bonds. The maximum absolute atomic E-state index is 12.1. The van der Waals surface area contributed by atoms with Crippen LogP contribution < -0.4 is 5.32 Å². The molecule has 0 unspecified atom stereocenters. The number of aryl methyl sites for hydroxylation is 2. The van der Waals surface area contributed by atoms with Crippen LogP contribution in [0.3, 0.4) is 0 Å². The van der Waals surface area contributed by atoms with Gasteiger partial charge in [-0.3, -0.25) is 4.79 Å². The Bertz CT molecular complexity index is 677. The lowest BCUT2D eigenvalue weighted by molar-refractivity contribution is 0.0695. The van der Waals surface area contributed by atoms with Gasteiger partial charge in [0, 0.05) is 11.3 Å². The van der Waals surface area contributed by atoms with Crippen molar-refractivity contribution in [1.82, 2.24) is 0 Å². The van der Waals surface area contributed by atoms with E-state index in [4.69, 9.17) is 5.11 Å². The van der Waals surface area contributed by atoms with Crippen LogP contribution in [0.25, 0.3) is 0 Å². The maximum atomic E-state index is 12.1. The lowest BCUT2D eigenvalue weighted by atomic mass is 10.1. The number of amides is 1. The van der Waals surface area contributed by atoms with E-state index in [0.717, 1.165) is 5.56 Å². The predicted molar refractivity (Wildman–Crippen MR) is 77.3 cm³/mol. The summed E-state index contributed by atoms with van der Waals surface area (Å²) in [7, 11) is 0. The highest BCUT2D eigenvalue weighted by molar-refractivity contribution is 6.05. The number of rotatable bonds is 3. The fourth-order valence-electron chi connectivity index (χ4n) is 1.96. The van der Waals surface area contributed by atoms with Gasteiger partial charge in [-0.2, -0.15) is 0 Å². The molecule has 0 radical (unpaired) electrons. The highest BCUT2D eigenvalue weighted by Crippen LogP contribution is 2.17. The quantitative estimate of drug-likeness (QED) is 0.898. The number of hydrogen-bond acceptors (Lipinski definition) is 2. The molecule has 4 nitrogen and oxygen atoms in total. The normalized spacial score (nSPS) is 10.1. The Morgan fingerprint density at radius 3 is 2.25 bits per heavy atom. The van der Waals surface area contributed by atoms with Crippen LogP contribution in [0.2, 0.25) is 0 Å². The molecule has 0 saturated carbocycles. The van der Waals surface area contributed by atoms with Gasteiger partial charge in [0.1, 0.15) is 0 Å². The fraction of sp³-hybridized carbons (Fsp3) is 0.125. The molecule has 2 aromatic rings. The minimum absolute atomic E-state index is 0.188. The Balaban J connectivity index is 2.27. The number of aromatic carboxylic acids is 1. The fourth-order valence-corrected chi connectivity index (χ4v) is 1.96. The van der Waals surface area contributed by atoms with Crippen LogP contribution in [-0.4, -0.2) is 17.0 Å². The molecule has 102 valence electrons. The second-order valence-corrected chi connectivity index (χ2v) is 4.60. The molecule has 0 bridgehead atoms. The van der Waals surface area contributed by atoms with Crippen LogP contribution in [-0.2, 0) is 0 Å². The van der Waals surface area contributed by atoms with Gasteiger partial charge in [0.2, 0.25) is 0 Å². The average molecular weight is 269 g/mol. The van der Waals surface area contributed by atoms with Crippen LogP contribution in [0.15, 0.2) is 42.5 Å². The molecule has 0 saturated heterocycles. The topological polar surface area (TPSA) is 66.4 Å². The van der Waals surface area contributed by atoms with E-state index in [9.17, 15) is 9.59 Å². The smallest absolute Gasteiger partial charge is 0.336 e. The number of carboxylic acids is 1. The standard InChI is InChI=1S/C16H15NO3/c1-10-5-3-4-6-13(10)15(18)17-12-8-7-11(2)14(9-12)16(19)20/h3-9H,1-2H3,(H,17,18)(H,19,20). The summed E-state index contributed by atoms with van der Waals surface area (Å²) in [6.07, 6.45) is 0. The van der Waals surface area contributed by atoms with Crippen LogP contribution in [0.4, 0.5) is 5.69 Å². The van der Waals surface area contributed by atoms with Crippen molar-refractivity contribution in [3.63, 3.8) is 0 Å². The molecule has 20 heavy (non-hydrogen) atoms. The summed E-state index contributed by atoms with van der Waals surface area (Å²) in [6, 6.07) is 12.1. The van der Waals surface area contributed by atoms with Crippen molar-refractivity contribution in [2.75, 3.05) is 5.32 Å². The molecule has 0 spiro atoms. The number of benzene rings is 2. The van der Waals surface area contributed by atoms with E-state index in [1.54, 1.807) is 31.2 Å². The first kappa shape index (κ1) is 13.8. The number of nitrogens with one attached hydrogen (secondary N) is 1. The highest BCUT2D eigenvalue weighted by Gasteiger charge is 2.11. The predicted octanol–water partition coefficient (Wildman–Crippen LogP) is 3.25. The summed E-state index contributed by atoms with van der Waals surface area (Å²) in [6.45, 7) is 3.57. The van der Waals surface area contributed by atoms with Gasteiger partial charge in [-0.05, 0) is 43.2 Å². The van der Waals surface area contributed by atoms with Gasteiger partial charge in [0.05, 0.1) is 5.56 Å². The largest absolute Gasteiger partial charge is 0.478 e. The Morgan fingerprint density at radius 1 is 0.950 bits per heavy atom. The SMILES string of the molecule is Cc1ccc(NC(=O)c2ccccc2C)cc1C(=O)O. The molecule has 0 aliphatic rings. The molecule has 0 heterocycles. The Labute approximate surface area is 117 Å². The van der Waals surface area contributed by atoms with E-state index < -0.39 is 5.97 Å². The van der Waals surface area contributed by atoms with Gasteiger partial charge < -0.3 is 10.4 Å². The number of carbonyl (C=O) groups is 2. The van der Waals surface area contributed by atoms with Crippen molar-refractivity contribution in [3.8, 4) is 0 Å². The molecule has 4 heteroatoms. The van der Waals surface area contributed by atoms with E-state index >= 15 is 0 Å². The lowest BCUT2D eigenvalue weighted by Gasteiger charge is -2.09. The van der Waals surface area contributed by atoms with E-state index in [-0.39, 0.29) is 11.5 Å². The zero-order valence-corrected chi connectivity index (χ0v) is 11.3. The second-order valence-electron chi connectivity index (χ2n) is 4.60. The highest BCUT2D eigenvalue weighted by atomic mass is 16.4. The Hall–Kier alpha value is -2.62. The summed E-state index contributed by atoms with van der Waals surface area (Å²) in [5.41, 5.74) is 2.76. The summed E-state index contributed by atoms with van der Waals surface area (Å²) >= 11 is 0. The Morgan fingerprint density at radius 2 is 1.60 bits per heavy atom. The van der Waals surface area contributed by atoms with Gasteiger partial charge in [-0.25, -0.2) is 4.79 Å². The van der Waals surface area contributed by atoms with Crippen molar-refractivity contribution < 1.29 is 14.7 Å². The van der Waals surface area contributed by atoms with Crippen LogP contribution in [0.5, 0.6) is 0 Å². The molecule has 0 atom stereocenters. The zero-order valence-electron chi connectivity index (χ0n) is 11.3. The molecule has 0 fully saturated rings. The molecule has 2 N–H and O–H groups in total. The van der Waals surface area contributed by atoms with Gasteiger partial charge in [-0.1, -0.05) is 24.3 Å². The molecule has 2 aromatic carbocycles. The zero-order chi connectivity index (χ0) is 14.7. The maximum Gasteiger partial charge on any atom is 0.336 e. The molecule has 2 rings (SSSR count). The monoisotopic (exact) mass is 269 g/mol. The summed E-state index contributed by atoms with van der Waals surface area (Å²) < 4.78 is 0. The summed E-state index contributed by atoms with van der Waals surface area (Å²) in [5.74, 6) is -1.25. The van der Waals surface area contributed by atoms with Crippen molar-refractivity contribution in [2.45, 2.75) is 13.8 Å². The van der Waals surface area contributed by atoms with Crippen molar-refractivity contribution >= 4 is 17.6 Å². The average Bonchev–Trinajstić information content (AvgIpc) is 2.41. The van der Waals surface area contributed by atoms with Crippen LogP contribution in [0.1, 0.15) is 31.8 Å². The first-order chi connectivity index (χ1) is 9.49. The summed E-state index contributed by atoms with van der Waals surface area (Å²) in [4.78, 5) is 23.2. The third kappa shape index (κ3) is 2.85. The molecule has 0 aromatic heterocycles. The molecule has 0 aliphatic carbocycles. The molecular weight excluding hydrogens is 254 g/mol. The first-order valence-corrected chi connectivity index (χ1v) is 6.20. The first-order valence-electron chi connectivity index (χ1n) is 6.20. The number of hydrogen-bond donors (Lipinski definition) is 2. The third-order valence-corrected chi connectivity index (χ3v) is 3.12. The van der Waals surface area contributed by atoms with E-state index in [1.165, 1.54) is 6.07 Å². The van der Waals surface area contributed by atoms with Gasteiger partial charge in [0.15, 0.2) is 0 Å². The van der Waals surface area contributed by atoms with Crippen LogP contribution in [0, 0.1) is 13.8 Å².